The van der Waals surface area contributed by atoms with Gasteiger partial charge in [-0.2, -0.15) is 0 Å². The number of hydrogen-bond donors (Lipinski definition) is 0. The van der Waals surface area contributed by atoms with E-state index in [-0.39, 0.29) is 21.5 Å². The third-order valence-corrected chi connectivity index (χ3v) is 5.73. The quantitative estimate of drug-likeness (QED) is 0.530. The summed E-state index contributed by atoms with van der Waals surface area (Å²) in [7, 11) is 1.57. The molecule has 1 fully saturated rings. The van der Waals surface area contributed by atoms with Crippen molar-refractivity contribution >= 4 is 63.2 Å². The van der Waals surface area contributed by atoms with Crippen LogP contribution in [0.4, 0.5) is 11.4 Å². The summed E-state index contributed by atoms with van der Waals surface area (Å²) in [6.07, 6.45) is 1.54. The van der Waals surface area contributed by atoms with Gasteiger partial charge in [0.05, 0.1) is 16.2 Å². The van der Waals surface area contributed by atoms with Crippen molar-refractivity contribution in [3.05, 3.63) is 58.2 Å². The first-order valence-corrected chi connectivity index (χ1v) is 9.43. The monoisotopic (exact) mass is 412 g/mol. The van der Waals surface area contributed by atoms with Crippen molar-refractivity contribution in [3.8, 4) is 0 Å². The summed E-state index contributed by atoms with van der Waals surface area (Å²) < 4.78 is 0. The van der Waals surface area contributed by atoms with Gasteiger partial charge in [0.25, 0.3) is 11.8 Å². The first kappa shape index (κ1) is 18.4. The molecule has 4 rings (SSSR count). The van der Waals surface area contributed by atoms with E-state index in [0.717, 1.165) is 16.7 Å². The number of para-hydroxylation sites is 1. The van der Waals surface area contributed by atoms with E-state index in [2.05, 4.69) is 9.98 Å². The van der Waals surface area contributed by atoms with Crippen molar-refractivity contribution in [2.24, 2.45) is 4.99 Å². The number of halogens is 1. The van der Waals surface area contributed by atoms with Gasteiger partial charge in [-0.1, -0.05) is 29.8 Å². The number of aromatic nitrogens is 1. The van der Waals surface area contributed by atoms with E-state index in [1.165, 1.54) is 11.8 Å². The second kappa shape index (κ2) is 6.88. The number of likely N-dealkylation sites (N-methyl/N-ethyl adjacent to an activating group) is 1. The van der Waals surface area contributed by atoms with Crippen molar-refractivity contribution in [2.75, 3.05) is 11.9 Å². The Hall–Kier alpha value is -2.97. The van der Waals surface area contributed by atoms with Gasteiger partial charge in [-0.25, -0.2) is 14.9 Å². The van der Waals surface area contributed by atoms with Gasteiger partial charge in [-0.15, -0.1) is 0 Å². The standard InChI is InChI=1S/C19H13ClN4O3S/c1-10(25)24-13-8-4-3-6-11(13)14(17(24)26)15-18(27)23(2)19(28-15)22-12-7-5-9-21-16(12)20/h3-9H,1-2H3/b15-14-,22-19?. The van der Waals surface area contributed by atoms with Crippen LogP contribution in [0.5, 0.6) is 0 Å². The fraction of sp³-hybridized carbons (Fsp3) is 0.105. The largest absolute Gasteiger partial charge is 0.290 e. The highest BCUT2D eigenvalue weighted by atomic mass is 35.5. The summed E-state index contributed by atoms with van der Waals surface area (Å²) in [6.45, 7) is 1.31. The van der Waals surface area contributed by atoms with Crippen LogP contribution >= 0.6 is 23.4 Å². The van der Waals surface area contributed by atoms with Crippen molar-refractivity contribution in [1.82, 2.24) is 9.88 Å². The number of anilines is 1. The predicted molar refractivity (Wildman–Crippen MR) is 108 cm³/mol. The molecule has 0 bridgehead atoms. The summed E-state index contributed by atoms with van der Waals surface area (Å²) in [5.41, 5.74) is 1.64. The van der Waals surface area contributed by atoms with Gasteiger partial charge in [0.2, 0.25) is 5.91 Å². The minimum Gasteiger partial charge on any atom is -0.290 e. The summed E-state index contributed by atoms with van der Waals surface area (Å²) in [5.74, 6) is -1.29. The Morgan fingerprint density at radius 2 is 1.89 bits per heavy atom. The Labute approximate surface area is 169 Å². The molecule has 7 nitrogen and oxygen atoms in total. The van der Waals surface area contributed by atoms with Crippen LogP contribution in [0.15, 0.2) is 52.5 Å². The molecule has 0 N–H and O–H groups in total. The third-order valence-electron chi connectivity index (χ3n) is 4.31. The molecule has 0 saturated carbocycles. The molecule has 2 aromatic rings. The van der Waals surface area contributed by atoms with Crippen LogP contribution in [-0.4, -0.2) is 39.8 Å². The highest BCUT2D eigenvalue weighted by molar-refractivity contribution is 8.18. The topological polar surface area (TPSA) is 82.9 Å². The van der Waals surface area contributed by atoms with Gasteiger partial charge in [-0.3, -0.25) is 19.3 Å². The van der Waals surface area contributed by atoms with Crippen LogP contribution in [0.3, 0.4) is 0 Å². The van der Waals surface area contributed by atoms with E-state index in [1.807, 2.05) is 0 Å². The van der Waals surface area contributed by atoms with Crippen molar-refractivity contribution in [2.45, 2.75) is 6.92 Å². The Kier molecular flexibility index (Phi) is 4.52. The van der Waals surface area contributed by atoms with E-state index in [0.29, 0.717) is 22.1 Å². The maximum Gasteiger partial charge on any atom is 0.267 e. The lowest BCUT2D eigenvalue weighted by molar-refractivity contribution is -0.123. The Morgan fingerprint density at radius 1 is 1.14 bits per heavy atom. The number of thioether (sulfide) groups is 1. The van der Waals surface area contributed by atoms with Crippen LogP contribution in [0.25, 0.3) is 5.57 Å². The molecule has 0 atom stereocenters. The van der Waals surface area contributed by atoms with Crippen LogP contribution in [0.2, 0.25) is 5.15 Å². The summed E-state index contributed by atoms with van der Waals surface area (Å²) >= 11 is 7.12. The highest BCUT2D eigenvalue weighted by Crippen LogP contribution is 2.44. The number of fused-ring (bicyclic) bond motifs is 1. The van der Waals surface area contributed by atoms with E-state index in [9.17, 15) is 14.4 Å². The maximum atomic E-state index is 13.0. The summed E-state index contributed by atoms with van der Waals surface area (Å²) in [4.78, 5) is 48.9. The summed E-state index contributed by atoms with van der Waals surface area (Å²) in [5, 5.41) is 0.580. The number of rotatable bonds is 1. The van der Waals surface area contributed by atoms with Crippen LogP contribution in [0, 0.1) is 0 Å². The molecule has 1 saturated heterocycles. The van der Waals surface area contributed by atoms with Crippen LogP contribution < -0.4 is 4.90 Å². The lowest BCUT2D eigenvalue weighted by Gasteiger charge is -2.11. The molecule has 28 heavy (non-hydrogen) atoms. The minimum absolute atomic E-state index is 0.204. The van der Waals surface area contributed by atoms with Crippen molar-refractivity contribution < 1.29 is 14.4 Å². The molecular formula is C19H13ClN4O3S. The smallest absolute Gasteiger partial charge is 0.267 e. The molecule has 1 aromatic carbocycles. The number of carbonyl (C=O) groups is 3. The molecule has 1 aromatic heterocycles. The average molecular weight is 413 g/mol. The first-order chi connectivity index (χ1) is 13.4. The molecular weight excluding hydrogens is 400 g/mol. The number of nitrogens with zero attached hydrogens (tertiary/aromatic N) is 4. The zero-order chi connectivity index (χ0) is 20.0. The van der Waals surface area contributed by atoms with Gasteiger partial charge in [-0.05, 0) is 30.0 Å². The van der Waals surface area contributed by atoms with Gasteiger partial charge in [0, 0.05) is 25.7 Å². The fourth-order valence-electron chi connectivity index (χ4n) is 3.01. The first-order valence-electron chi connectivity index (χ1n) is 8.24. The van der Waals surface area contributed by atoms with Gasteiger partial charge in [0.1, 0.15) is 5.69 Å². The van der Waals surface area contributed by atoms with E-state index >= 15 is 0 Å². The molecule has 2 aliphatic heterocycles. The average Bonchev–Trinajstić information content (AvgIpc) is 3.11. The number of hydrogen-bond acceptors (Lipinski definition) is 6. The second-order valence-corrected chi connectivity index (χ2v) is 7.39. The van der Waals surface area contributed by atoms with Crippen molar-refractivity contribution in [1.29, 1.82) is 0 Å². The SMILES string of the molecule is CC(=O)N1C(=O)/C(=C2\SC(=Nc3cccnc3Cl)N(C)C2=O)c2ccccc21. The summed E-state index contributed by atoms with van der Waals surface area (Å²) in [6, 6.07) is 10.3. The molecule has 140 valence electrons. The van der Waals surface area contributed by atoms with Gasteiger partial charge < -0.3 is 0 Å². The third kappa shape index (κ3) is 2.81. The zero-order valence-corrected chi connectivity index (χ0v) is 16.4. The van der Waals surface area contributed by atoms with E-state index in [4.69, 9.17) is 11.6 Å². The number of pyridine rings is 1. The Balaban J connectivity index is 1.84. The number of amides is 3. The van der Waals surface area contributed by atoms with Gasteiger partial charge in [0.15, 0.2) is 10.3 Å². The molecule has 9 heteroatoms. The highest BCUT2D eigenvalue weighted by Gasteiger charge is 2.42. The molecule has 3 heterocycles. The predicted octanol–water partition coefficient (Wildman–Crippen LogP) is 3.23. The molecule has 0 radical (unpaired) electrons. The number of imide groups is 1. The number of benzene rings is 1. The lowest BCUT2D eigenvalue weighted by Crippen LogP contribution is -2.31. The molecule has 0 spiro atoms. The number of aliphatic imine (C=N–C) groups is 1. The Morgan fingerprint density at radius 3 is 2.61 bits per heavy atom. The lowest BCUT2D eigenvalue weighted by atomic mass is 10.1. The zero-order valence-electron chi connectivity index (χ0n) is 14.8. The number of carbonyl (C=O) groups excluding carboxylic acids is 3. The van der Waals surface area contributed by atoms with E-state index in [1.54, 1.807) is 49.6 Å². The van der Waals surface area contributed by atoms with Crippen molar-refractivity contribution in [3.63, 3.8) is 0 Å². The second-order valence-electron chi connectivity index (χ2n) is 6.05. The normalized spacial score (nSPS) is 20.3. The van der Waals surface area contributed by atoms with E-state index < -0.39 is 11.8 Å². The molecule has 2 aliphatic rings. The number of amidine groups is 1. The van der Waals surface area contributed by atoms with Crippen LogP contribution in [0.1, 0.15) is 12.5 Å². The van der Waals surface area contributed by atoms with Gasteiger partial charge >= 0.3 is 0 Å². The molecule has 3 amide bonds. The molecule has 0 unspecified atom stereocenters. The van der Waals surface area contributed by atoms with Crippen LogP contribution in [-0.2, 0) is 14.4 Å². The minimum atomic E-state index is -0.515. The Bertz CT molecular complexity index is 1110. The fourth-order valence-corrected chi connectivity index (χ4v) is 4.24. The maximum absolute atomic E-state index is 13.0. The molecule has 0 aliphatic carbocycles.